The van der Waals surface area contributed by atoms with Crippen molar-refractivity contribution in [2.24, 2.45) is 9.98 Å². The fourth-order valence-electron chi connectivity index (χ4n) is 3.53. The summed E-state index contributed by atoms with van der Waals surface area (Å²) < 4.78 is 5.23. The van der Waals surface area contributed by atoms with Gasteiger partial charge in [0, 0.05) is 31.8 Å². The molecule has 9 nitrogen and oxygen atoms in total. The van der Waals surface area contributed by atoms with E-state index in [-0.39, 0.29) is 24.3 Å². The van der Waals surface area contributed by atoms with Crippen LogP contribution < -0.4 is 15.0 Å². The molecule has 1 atom stereocenters. The largest absolute Gasteiger partial charge is 0.497 e. The highest BCUT2D eigenvalue weighted by atomic mass is 32.1. The summed E-state index contributed by atoms with van der Waals surface area (Å²) in [5, 5.41) is 3.32. The maximum atomic E-state index is 13.1. The number of carbonyl (C=O) groups excluding carboxylic acids is 2. The molecule has 1 aromatic heterocycles. The molecule has 10 heteroatoms. The van der Waals surface area contributed by atoms with Crippen molar-refractivity contribution >= 4 is 41.0 Å². The molecule has 1 aliphatic rings. The summed E-state index contributed by atoms with van der Waals surface area (Å²) in [6.07, 6.45) is 1.26. The monoisotopic (exact) mass is 468 g/mol. The molecule has 2 heterocycles. The van der Waals surface area contributed by atoms with E-state index in [1.165, 1.54) is 22.4 Å². The summed E-state index contributed by atoms with van der Waals surface area (Å²) in [7, 11) is 1.64. The van der Waals surface area contributed by atoms with Gasteiger partial charge in [0.05, 0.1) is 12.8 Å². The van der Waals surface area contributed by atoms with Crippen LogP contribution in [0.2, 0.25) is 0 Å². The number of anilines is 1. The molecule has 1 aromatic carbocycles. The van der Waals surface area contributed by atoms with Crippen LogP contribution in [0.3, 0.4) is 0 Å². The van der Waals surface area contributed by atoms with Gasteiger partial charge in [0.1, 0.15) is 17.2 Å². The van der Waals surface area contributed by atoms with E-state index < -0.39 is 5.91 Å². The van der Waals surface area contributed by atoms with Gasteiger partial charge in [0.25, 0.3) is 5.91 Å². The fourth-order valence-corrected chi connectivity index (χ4v) is 4.74. The number of methoxy groups -OCH3 is 1. The Kier molecular flexibility index (Phi) is 7.94. The predicted octanol–water partition coefficient (Wildman–Crippen LogP) is 3.05. The van der Waals surface area contributed by atoms with Crippen LogP contribution in [0.1, 0.15) is 40.7 Å². The van der Waals surface area contributed by atoms with Crippen LogP contribution in [0.4, 0.5) is 5.13 Å². The number of hydrogen-bond acceptors (Lipinski definition) is 7. The van der Waals surface area contributed by atoms with E-state index in [0.717, 1.165) is 28.7 Å². The second-order valence-corrected chi connectivity index (χ2v) is 8.48. The van der Waals surface area contributed by atoms with Gasteiger partial charge in [-0.2, -0.15) is 0 Å². The number of guanidine groups is 1. The SMILES string of the molecule is C=CN=C(N=C)NC(=O)CN1CC(C)c2nc(N(CC)Cc3ccc(OC)cc3)sc2C1=O. The number of fused-ring (bicyclic) bond motifs is 1. The summed E-state index contributed by atoms with van der Waals surface area (Å²) in [4.78, 5) is 42.0. The van der Waals surface area contributed by atoms with Crippen molar-refractivity contribution in [1.82, 2.24) is 15.2 Å². The molecule has 0 saturated heterocycles. The molecule has 0 saturated carbocycles. The third-order valence-electron chi connectivity index (χ3n) is 5.22. The zero-order valence-corrected chi connectivity index (χ0v) is 19.9. The Morgan fingerprint density at radius 3 is 2.76 bits per heavy atom. The van der Waals surface area contributed by atoms with Gasteiger partial charge in [0.2, 0.25) is 11.9 Å². The molecule has 1 unspecified atom stereocenters. The van der Waals surface area contributed by atoms with Gasteiger partial charge in [-0.25, -0.2) is 15.0 Å². The number of benzene rings is 1. The molecule has 3 rings (SSSR count). The Morgan fingerprint density at radius 1 is 1.42 bits per heavy atom. The lowest BCUT2D eigenvalue weighted by molar-refractivity contribution is -0.120. The number of aliphatic imine (C=N–C) groups is 2. The second kappa shape index (κ2) is 10.9. The molecule has 0 bridgehead atoms. The first-order valence-corrected chi connectivity index (χ1v) is 11.3. The lowest BCUT2D eigenvalue weighted by Crippen LogP contribution is -2.45. The number of aromatic nitrogens is 1. The van der Waals surface area contributed by atoms with Gasteiger partial charge in [-0.05, 0) is 31.3 Å². The zero-order chi connectivity index (χ0) is 24.0. The number of amides is 2. The van der Waals surface area contributed by atoms with Gasteiger partial charge >= 0.3 is 0 Å². The average Bonchev–Trinajstić information content (AvgIpc) is 3.27. The van der Waals surface area contributed by atoms with E-state index in [4.69, 9.17) is 9.72 Å². The van der Waals surface area contributed by atoms with Crippen molar-refractivity contribution in [3.8, 4) is 5.75 Å². The lowest BCUT2D eigenvalue weighted by Gasteiger charge is -2.29. The van der Waals surface area contributed by atoms with Crippen molar-refractivity contribution in [1.29, 1.82) is 0 Å². The van der Waals surface area contributed by atoms with Crippen molar-refractivity contribution in [3.63, 3.8) is 0 Å². The van der Waals surface area contributed by atoms with Gasteiger partial charge < -0.3 is 14.5 Å². The van der Waals surface area contributed by atoms with Crippen molar-refractivity contribution in [2.75, 3.05) is 31.6 Å². The highest BCUT2D eigenvalue weighted by molar-refractivity contribution is 7.17. The summed E-state index contributed by atoms with van der Waals surface area (Å²) >= 11 is 1.37. The van der Waals surface area contributed by atoms with Crippen molar-refractivity contribution in [3.05, 3.63) is 53.2 Å². The Hall–Kier alpha value is -3.53. The highest BCUT2D eigenvalue weighted by Crippen LogP contribution is 2.36. The number of thiazole rings is 1. The molecule has 0 aliphatic carbocycles. The Bertz CT molecular complexity index is 1060. The Morgan fingerprint density at radius 2 is 2.15 bits per heavy atom. The number of nitrogens with zero attached hydrogens (tertiary/aromatic N) is 5. The summed E-state index contributed by atoms with van der Waals surface area (Å²) in [5.41, 5.74) is 1.91. The summed E-state index contributed by atoms with van der Waals surface area (Å²) in [6, 6.07) is 7.89. The fraction of sp³-hybridized carbons (Fsp3) is 0.348. The third-order valence-corrected chi connectivity index (χ3v) is 6.34. The molecule has 2 amide bonds. The van der Waals surface area contributed by atoms with E-state index in [9.17, 15) is 9.59 Å². The van der Waals surface area contributed by atoms with Crippen molar-refractivity contribution < 1.29 is 14.3 Å². The first-order valence-electron chi connectivity index (χ1n) is 10.5. The molecular weight excluding hydrogens is 440 g/mol. The molecule has 0 spiro atoms. The van der Waals surface area contributed by atoms with Crippen LogP contribution in [0.25, 0.3) is 0 Å². The minimum Gasteiger partial charge on any atom is -0.497 e. The van der Waals surface area contributed by atoms with Gasteiger partial charge in [0.15, 0.2) is 5.13 Å². The van der Waals surface area contributed by atoms with E-state index in [0.29, 0.717) is 18.0 Å². The van der Waals surface area contributed by atoms with Crippen LogP contribution >= 0.6 is 11.3 Å². The van der Waals surface area contributed by atoms with Crippen LogP contribution in [0.15, 0.2) is 47.0 Å². The van der Waals surface area contributed by atoms with E-state index in [1.807, 2.05) is 31.2 Å². The van der Waals surface area contributed by atoms with Gasteiger partial charge in [-0.3, -0.25) is 14.9 Å². The maximum absolute atomic E-state index is 13.1. The first kappa shape index (κ1) is 24.1. The number of carbonyl (C=O) groups is 2. The molecule has 0 radical (unpaired) electrons. The van der Waals surface area contributed by atoms with Crippen LogP contribution in [0, 0.1) is 0 Å². The lowest BCUT2D eigenvalue weighted by atomic mass is 10.0. The third kappa shape index (κ3) is 5.64. The minimum absolute atomic E-state index is 0.00837. The predicted molar refractivity (Wildman–Crippen MR) is 131 cm³/mol. The van der Waals surface area contributed by atoms with E-state index in [1.54, 1.807) is 7.11 Å². The van der Waals surface area contributed by atoms with Gasteiger partial charge in [-0.15, -0.1) is 0 Å². The van der Waals surface area contributed by atoms with Crippen LogP contribution in [-0.4, -0.2) is 61.1 Å². The zero-order valence-electron chi connectivity index (χ0n) is 19.1. The smallest absolute Gasteiger partial charge is 0.266 e. The second-order valence-electron chi connectivity index (χ2n) is 7.50. The van der Waals surface area contributed by atoms with E-state index >= 15 is 0 Å². The van der Waals surface area contributed by atoms with E-state index in [2.05, 4.69) is 40.4 Å². The van der Waals surface area contributed by atoms with Gasteiger partial charge in [-0.1, -0.05) is 37.0 Å². The van der Waals surface area contributed by atoms with Crippen LogP contribution in [-0.2, 0) is 11.3 Å². The molecule has 1 N–H and O–H groups in total. The minimum atomic E-state index is -0.397. The van der Waals surface area contributed by atoms with Crippen molar-refractivity contribution in [2.45, 2.75) is 26.3 Å². The average molecular weight is 469 g/mol. The molecule has 1 aliphatic heterocycles. The number of nitrogens with one attached hydrogen (secondary N) is 1. The standard InChI is InChI=1S/C23H28N6O3S/c1-6-25-22(24-4)26-18(30)14-29-12-15(3)19-20(21(29)31)33-23(27-19)28(7-2)13-16-8-10-17(32-5)11-9-16/h6,8-11,15H,1,4,7,12-14H2,2-3,5H3,(H,25,26,30). The highest BCUT2D eigenvalue weighted by Gasteiger charge is 2.34. The Labute approximate surface area is 197 Å². The molecule has 2 aromatic rings. The molecule has 0 fully saturated rings. The molecule has 33 heavy (non-hydrogen) atoms. The quantitative estimate of drug-likeness (QED) is 0.474. The number of hydrogen-bond donors (Lipinski definition) is 1. The number of ether oxygens (including phenoxy) is 1. The molecule has 174 valence electrons. The van der Waals surface area contributed by atoms with Crippen LogP contribution in [0.5, 0.6) is 5.75 Å². The summed E-state index contributed by atoms with van der Waals surface area (Å²) in [6.45, 7) is 12.6. The molecular formula is C23H28N6O3S. The first-order chi connectivity index (χ1) is 15.9. The maximum Gasteiger partial charge on any atom is 0.266 e. The number of rotatable bonds is 8. The Balaban J connectivity index is 1.75. The topological polar surface area (TPSA) is 99.5 Å². The summed E-state index contributed by atoms with van der Waals surface area (Å²) in [5.74, 6) is 0.268. The normalized spacial score (nSPS) is 15.6.